The number of amides is 1. The first-order valence-corrected chi connectivity index (χ1v) is 8.20. The molecule has 0 aliphatic heterocycles. The third-order valence-corrected chi connectivity index (χ3v) is 3.74. The first-order valence-electron chi connectivity index (χ1n) is 8.20. The number of nitrogens with one attached hydrogen (secondary N) is 1. The first-order chi connectivity index (χ1) is 12.7. The van der Waals surface area contributed by atoms with Crippen LogP contribution in [0.3, 0.4) is 0 Å². The van der Waals surface area contributed by atoms with Crippen LogP contribution in [-0.2, 0) is 6.54 Å². The maximum absolute atomic E-state index is 14.4. The van der Waals surface area contributed by atoms with Gasteiger partial charge in [-0.3, -0.25) is 9.78 Å². The summed E-state index contributed by atoms with van der Waals surface area (Å²) in [5.41, 5.74) is 1.94. The number of hydrogen-bond donors (Lipinski definition) is 1. The molecule has 2 heterocycles. The van der Waals surface area contributed by atoms with E-state index < -0.39 is 5.82 Å². The lowest BCUT2D eigenvalue weighted by molar-refractivity contribution is 0.0946. The molecule has 0 saturated carbocycles. The fraction of sp³-hybridized carbons (Fsp3) is 0.150. The molecular formula is C20H18FN3O2. The van der Waals surface area contributed by atoms with E-state index in [1.165, 1.54) is 0 Å². The van der Waals surface area contributed by atoms with Gasteiger partial charge >= 0.3 is 0 Å². The number of ether oxygens (including phenoxy) is 1. The SMILES string of the molecule is CC=CCOc1cccc(CNC(=O)c2ccc3ncccc3n2)c1F. The zero-order chi connectivity index (χ0) is 18.4. The van der Waals surface area contributed by atoms with E-state index in [9.17, 15) is 9.18 Å². The van der Waals surface area contributed by atoms with E-state index in [0.717, 1.165) is 0 Å². The van der Waals surface area contributed by atoms with Crippen LogP contribution in [0.1, 0.15) is 23.0 Å². The molecule has 0 bridgehead atoms. The highest BCUT2D eigenvalue weighted by Crippen LogP contribution is 2.20. The van der Waals surface area contributed by atoms with Crippen LogP contribution in [-0.4, -0.2) is 22.5 Å². The largest absolute Gasteiger partial charge is 0.486 e. The third-order valence-electron chi connectivity index (χ3n) is 3.74. The molecule has 2 aromatic heterocycles. The summed E-state index contributed by atoms with van der Waals surface area (Å²) in [7, 11) is 0. The zero-order valence-electron chi connectivity index (χ0n) is 14.3. The van der Waals surface area contributed by atoms with Crippen LogP contribution in [0.2, 0.25) is 0 Å². The lowest BCUT2D eigenvalue weighted by Gasteiger charge is -2.10. The maximum Gasteiger partial charge on any atom is 0.270 e. The minimum atomic E-state index is -0.479. The van der Waals surface area contributed by atoms with Crippen molar-refractivity contribution in [2.75, 3.05) is 6.61 Å². The van der Waals surface area contributed by atoms with Crippen molar-refractivity contribution < 1.29 is 13.9 Å². The number of benzene rings is 1. The van der Waals surface area contributed by atoms with Crippen molar-refractivity contribution in [1.82, 2.24) is 15.3 Å². The van der Waals surface area contributed by atoms with Crippen LogP contribution in [0.15, 0.2) is 60.8 Å². The summed E-state index contributed by atoms with van der Waals surface area (Å²) in [6, 6.07) is 11.7. The molecule has 5 nitrogen and oxygen atoms in total. The Kier molecular flexibility index (Phi) is 5.53. The lowest BCUT2D eigenvalue weighted by Crippen LogP contribution is -2.24. The zero-order valence-corrected chi connectivity index (χ0v) is 14.3. The molecule has 6 heteroatoms. The number of rotatable bonds is 6. The molecule has 3 aromatic rings. The normalized spacial score (nSPS) is 11.0. The summed E-state index contributed by atoms with van der Waals surface area (Å²) >= 11 is 0. The topological polar surface area (TPSA) is 64.1 Å². The molecule has 0 spiro atoms. The van der Waals surface area contributed by atoms with Gasteiger partial charge in [0.1, 0.15) is 12.3 Å². The van der Waals surface area contributed by atoms with Crippen LogP contribution in [0.4, 0.5) is 4.39 Å². The van der Waals surface area contributed by atoms with E-state index >= 15 is 0 Å². The Hall–Kier alpha value is -3.28. The van der Waals surface area contributed by atoms with E-state index in [4.69, 9.17) is 4.74 Å². The molecule has 3 rings (SSSR count). The van der Waals surface area contributed by atoms with Gasteiger partial charge in [0.25, 0.3) is 5.91 Å². The Bertz CT molecular complexity index is 957. The molecule has 26 heavy (non-hydrogen) atoms. The highest BCUT2D eigenvalue weighted by Gasteiger charge is 2.12. The van der Waals surface area contributed by atoms with Crippen molar-refractivity contribution in [2.45, 2.75) is 13.5 Å². The quantitative estimate of drug-likeness (QED) is 0.689. The maximum atomic E-state index is 14.4. The average molecular weight is 351 g/mol. The molecule has 1 N–H and O–H groups in total. The molecule has 1 aromatic carbocycles. The summed E-state index contributed by atoms with van der Waals surface area (Å²) in [6.45, 7) is 2.19. The van der Waals surface area contributed by atoms with Crippen LogP contribution in [0.5, 0.6) is 5.75 Å². The van der Waals surface area contributed by atoms with E-state index in [0.29, 0.717) is 16.6 Å². The molecular weight excluding hydrogens is 333 g/mol. The van der Waals surface area contributed by atoms with Crippen molar-refractivity contribution in [2.24, 2.45) is 0 Å². The van der Waals surface area contributed by atoms with Crippen molar-refractivity contribution >= 4 is 16.9 Å². The number of aromatic nitrogens is 2. The fourth-order valence-electron chi connectivity index (χ4n) is 2.39. The molecule has 0 fully saturated rings. The van der Waals surface area contributed by atoms with Crippen LogP contribution < -0.4 is 10.1 Å². The summed E-state index contributed by atoms with van der Waals surface area (Å²) in [5, 5.41) is 2.68. The number of carbonyl (C=O) groups is 1. The highest BCUT2D eigenvalue weighted by atomic mass is 19.1. The Labute approximate surface area is 150 Å². The van der Waals surface area contributed by atoms with E-state index in [-0.39, 0.29) is 30.5 Å². The summed E-state index contributed by atoms with van der Waals surface area (Å²) in [4.78, 5) is 20.8. The number of hydrogen-bond acceptors (Lipinski definition) is 4. The van der Waals surface area contributed by atoms with Crippen molar-refractivity contribution in [3.05, 3.63) is 77.9 Å². The molecule has 0 aliphatic carbocycles. The minimum absolute atomic E-state index is 0.0399. The lowest BCUT2D eigenvalue weighted by atomic mass is 10.2. The van der Waals surface area contributed by atoms with E-state index in [2.05, 4.69) is 15.3 Å². The van der Waals surface area contributed by atoms with Crippen molar-refractivity contribution in [3.8, 4) is 5.75 Å². The number of pyridine rings is 2. The van der Waals surface area contributed by atoms with Gasteiger partial charge in [0, 0.05) is 18.3 Å². The van der Waals surface area contributed by atoms with Gasteiger partial charge in [-0.15, -0.1) is 0 Å². The fourth-order valence-corrected chi connectivity index (χ4v) is 2.39. The van der Waals surface area contributed by atoms with Crippen LogP contribution in [0.25, 0.3) is 11.0 Å². The second-order valence-electron chi connectivity index (χ2n) is 5.53. The second-order valence-corrected chi connectivity index (χ2v) is 5.53. The Morgan fingerprint density at radius 3 is 2.92 bits per heavy atom. The smallest absolute Gasteiger partial charge is 0.270 e. The number of fused-ring (bicyclic) bond motifs is 1. The molecule has 132 valence electrons. The van der Waals surface area contributed by atoms with Gasteiger partial charge in [-0.1, -0.05) is 24.3 Å². The summed E-state index contributed by atoms with van der Waals surface area (Å²) in [5.74, 6) is -0.701. The van der Waals surface area contributed by atoms with Gasteiger partial charge in [-0.05, 0) is 37.3 Å². The average Bonchev–Trinajstić information content (AvgIpc) is 2.68. The Balaban J connectivity index is 1.69. The number of nitrogens with zero attached hydrogens (tertiary/aromatic N) is 2. The van der Waals surface area contributed by atoms with Crippen LogP contribution >= 0.6 is 0 Å². The molecule has 1 amide bonds. The predicted octanol–water partition coefficient (Wildman–Crippen LogP) is 3.65. The van der Waals surface area contributed by atoms with Gasteiger partial charge in [-0.2, -0.15) is 0 Å². The Morgan fingerprint density at radius 1 is 1.19 bits per heavy atom. The molecule has 0 saturated heterocycles. The van der Waals surface area contributed by atoms with Gasteiger partial charge in [0.15, 0.2) is 11.6 Å². The number of halogens is 1. The Morgan fingerprint density at radius 2 is 2.08 bits per heavy atom. The molecule has 0 aliphatic rings. The second kappa shape index (κ2) is 8.20. The monoisotopic (exact) mass is 351 g/mol. The van der Waals surface area contributed by atoms with Crippen LogP contribution in [0, 0.1) is 5.82 Å². The summed E-state index contributed by atoms with van der Waals surface area (Å²) in [6.07, 6.45) is 5.28. The van der Waals surface area contributed by atoms with E-state index in [1.54, 1.807) is 54.7 Å². The van der Waals surface area contributed by atoms with Gasteiger partial charge < -0.3 is 10.1 Å². The predicted molar refractivity (Wildman–Crippen MR) is 97.4 cm³/mol. The number of allylic oxidation sites excluding steroid dienone is 1. The molecule has 0 unspecified atom stereocenters. The summed E-state index contributed by atoms with van der Waals surface area (Å²) < 4.78 is 19.8. The third kappa shape index (κ3) is 4.03. The molecule has 0 atom stereocenters. The standard InChI is InChI=1S/C20H18FN3O2/c1-2-3-12-26-18-8-4-6-14(19(18)21)13-23-20(25)17-10-9-15-16(24-17)7-5-11-22-15/h2-11H,12-13H2,1H3,(H,23,25). The van der Waals surface area contributed by atoms with Crippen molar-refractivity contribution in [3.63, 3.8) is 0 Å². The van der Waals surface area contributed by atoms with E-state index in [1.807, 2.05) is 13.0 Å². The minimum Gasteiger partial charge on any atom is -0.486 e. The van der Waals surface area contributed by atoms with Crippen molar-refractivity contribution in [1.29, 1.82) is 0 Å². The van der Waals surface area contributed by atoms with Gasteiger partial charge in [0.05, 0.1) is 11.0 Å². The highest BCUT2D eigenvalue weighted by molar-refractivity contribution is 5.94. The first kappa shape index (κ1) is 17.5. The van der Waals surface area contributed by atoms with Gasteiger partial charge in [0.2, 0.25) is 0 Å². The molecule has 0 radical (unpaired) electrons. The number of carbonyl (C=O) groups excluding carboxylic acids is 1. The van der Waals surface area contributed by atoms with Gasteiger partial charge in [-0.25, -0.2) is 9.37 Å².